The Morgan fingerprint density at radius 2 is 1.13 bits per heavy atom. The molecule has 46 heavy (non-hydrogen) atoms. The summed E-state index contributed by atoms with van der Waals surface area (Å²) in [5.74, 6) is 0. The zero-order valence-electron chi connectivity index (χ0n) is 28.6. The van der Waals surface area contributed by atoms with Crippen molar-refractivity contribution in [1.29, 1.82) is 0 Å². The number of hydrogen-bond acceptors (Lipinski definition) is 0. The summed E-state index contributed by atoms with van der Waals surface area (Å²) in [5, 5.41) is 6.34. The fourth-order valence-corrected chi connectivity index (χ4v) is 6.74. The van der Waals surface area contributed by atoms with Gasteiger partial charge in [0.05, 0.1) is 0 Å². The van der Waals surface area contributed by atoms with Crippen molar-refractivity contribution in [2.75, 3.05) is 0 Å². The molecule has 0 aromatic heterocycles. The molecule has 0 N–H and O–H groups in total. The molecule has 0 atom stereocenters. The van der Waals surface area contributed by atoms with Crippen LogP contribution < -0.4 is 24.8 Å². The minimum atomic E-state index is 0. The van der Waals surface area contributed by atoms with Gasteiger partial charge in [-0.05, 0) is 24.7 Å². The van der Waals surface area contributed by atoms with Gasteiger partial charge in [-0.3, -0.25) is 6.08 Å². The van der Waals surface area contributed by atoms with Gasteiger partial charge in [0.25, 0.3) is 0 Å². The Balaban J connectivity index is 0.000000278. The molecule has 5 aromatic rings. The monoisotopic (exact) mass is 744 g/mol. The Hall–Kier alpha value is -2.15. The van der Waals surface area contributed by atoms with Crippen LogP contribution in [0.25, 0.3) is 21.5 Å². The predicted molar refractivity (Wildman–Crippen MR) is 191 cm³/mol. The maximum absolute atomic E-state index is 5.88. The maximum Gasteiger partial charge on any atom is -0.109 e. The number of hydrogen-bond donors (Lipinski definition) is 0. The first-order chi connectivity index (χ1) is 20.6. The zero-order chi connectivity index (χ0) is 32.2. The summed E-state index contributed by atoms with van der Waals surface area (Å²) >= 11 is 7.30. The van der Waals surface area contributed by atoms with Crippen LogP contribution in [0, 0.1) is 26.8 Å². The van der Waals surface area contributed by atoms with Gasteiger partial charge in [0.1, 0.15) is 0 Å². The van der Waals surface area contributed by atoms with E-state index in [1.165, 1.54) is 87.9 Å². The van der Waals surface area contributed by atoms with Crippen molar-refractivity contribution in [2.45, 2.75) is 79.6 Å². The first-order valence-electron chi connectivity index (χ1n) is 15.4. The van der Waals surface area contributed by atoms with E-state index in [2.05, 4.69) is 141 Å². The predicted octanol–water partition coefficient (Wildman–Crippen LogP) is 6.00. The van der Waals surface area contributed by atoms with Crippen molar-refractivity contribution in [1.82, 2.24) is 0 Å². The Morgan fingerprint density at radius 1 is 0.696 bits per heavy atom. The number of aryl methyl sites for hydroxylation is 3. The maximum atomic E-state index is 5.88. The molecular weight excluding hydrogens is 702 g/mol. The van der Waals surface area contributed by atoms with E-state index in [0.717, 1.165) is 11.4 Å². The molecule has 0 spiro atoms. The normalized spacial score (nSPS) is 12.1. The van der Waals surface area contributed by atoms with E-state index in [0.29, 0.717) is 0 Å². The van der Waals surface area contributed by atoms with Crippen molar-refractivity contribution < 1.29 is 49.0 Å². The van der Waals surface area contributed by atoms with Crippen molar-refractivity contribution in [3.8, 4) is 0 Å². The summed E-state index contributed by atoms with van der Waals surface area (Å²) in [6, 6.07) is 28.6. The van der Waals surface area contributed by atoms with Gasteiger partial charge in [-0.1, -0.05) is 75.9 Å². The molecule has 0 aliphatic heterocycles. The van der Waals surface area contributed by atoms with E-state index in [4.69, 9.17) is 11.6 Å². The molecule has 0 unspecified atom stereocenters. The van der Waals surface area contributed by atoms with Crippen LogP contribution in [0.4, 0.5) is 0 Å². The van der Waals surface area contributed by atoms with Gasteiger partial charge in [0.15, 0.2) is 0 Å². The minimum absolute atomic E-state index is 0. The van der Waals surface area contributed by atoms with Gasteiger partial charge in [-0.2, -0.15) is 6.08 Å². The van der Waals surface area contributed by atoms with Crippen molar-refractivity contribution in [2.24, 2.45) is 0 Å². The van der Waals surface area contributed by atoms with Crippen molar-refractivity contribution in [3.63, 3.8) is 0 Å². The van der Waals surface area contributed by atoms with Crippen LogP contribution in [0.1, 0.15) is 86.9 Å². The van der Waals surface area contributed by atoms with E-state index in [-0.39, 0.29) is 35.6 Å². The topological polar surface area (TPSA) is 0 Å². The van der Waals surface area contributed by atoms with Crippen LogP contribution in [0.3, 0.4) is 0 Å². The van der Waals surface area contributed by atoms with E-state index in [9.17, 15) is 0 Å². The zero-order valence-corrected chi connectivity index (χ0v) is 33.3. The van der Waals surface area contributed by atoms with Gasteiger partial charge >= 0.3 is 116 Å². The first kappa shape index (κ1) is 40.0. The van der Waals surface area contributed by atoms with Gasteiger partial charge < -0.3 is 24.8 Å². The van der Waals surface area contributed by atoms with Gasteiger partial charge in [-0.25, -0.2) is 12.2 Å². The summed E-state index contributed by atoms with van der Waals surface area (Å²) in [6.45, 7) is 20.4. The van der Waals surface area contributed by atoms with Crippen LogP contribution in [0.15, 0.2) is 97.1 Å². The van der Waals surface area contributed by atoms with E-state index in [1.807, 2.05) is 24.3 Å². The molecule has 0 amide bonds. The smallest absolute Gasteiger partial charge is 0.109 e. The number of benzene rings is 4. The van der Waals surface area contributed by atoms with Gasteiger partial charge in [0, 0.05) is 0 Å². The van der Waals surface area contributed by atoms with Gasteiger partial charge in [-0.15, -0.1) is 46.2 Å². The molecule has 0 nitrogen and oxygen atoms in total. The summed E-state index contributed by atoms with van der Waals surface area (Å²) in [5.41, 5.74) is 9.91. The van der Waals surface area contributed by atoms with Crippen LogP contribution >= 0.6 is 11.6 Å². The summed E-state index contributed by atoms with van der Waals surface area (Å²) in [4.78, 5) is 0. The second-order valence-corrected chi connectivity index (χ2v) is 15.6. The summed E-state index contributed by atoms with van der Waals surface area (Å²) in [6.07, 6.45) is 10.0. The van der Waals surface area contributed by atoms with E-state index in [1.54, 1.807) is 0 Å². The Morgan fingerprint density at radius 3 is 1.48 bits per heavy atom. The fraction of sp³-hybridized carbons (Fsp3) is 0.286. The summed E-state index contributed by atoms with van der Waals surface area (Å²) < 4.78 is 1.36. The Labute approximate surface area is 309 Å². The molecule has 0 fully saturated rings. The molecule has 5 aromatic carbocycles. The minimum Gasteiger partial charge on any atom is -1.00 e. The third-order valence-corrected chi connectivity index (χ3v) is 9.74. The fourth-order valence-electron chi connectivity index (χ4n) is 5.79. The molecule has 240 valence electrons. The third-order valence-electron chi connectivity index (χ3n) is 8.07. The number of fused-ring (bicyclic) bond motifs is 3. The number of halogens is 3. The van der Waals surface area contributed by atoms with Crippen LogP contribution in [0.5, 0.6) is 0 Å². The molecule has 6 rings (SSSR count). The van der Waals surface area contributed by atoms with Crippen LogP contribution in [0.2, 0.25) is 5.02 Å². The number of rotatable bonds is 2. The Kier molecular flexibility index (Phi) is 14.6. The van der Waals surface area contributed by atoms with Crippen molar-refractivity contribution >= 4 is 36.4 Å². The largest absolute Gasteiger partial charge is 1.00 e. The molecule has 0 bridgehead atoms. The van der Waals surface area contributed by atoms with E-state index >= 15 is 0 Å². The number of allylic oxidation sites excluding steroid dienone is 4. The second kappa shape index (κ2) is 16.8. The van der Waals surface area contributed by atoms with Crippen LogP contribution in [-0.2, 0) is 35.1 Å². The molecule has 4 heteroatoms. The third kappa shape index (κ3) is 10.2. The average molecular weight is 747 g/mol. The molecule has 0 radical (unpaired) electrons. The quantitative estimate of drug-likeness (QED) is 0.195. The average Bonchev–Trinajstić information content (AvgIpc) is 3.63. The van der Waals surface area contributed by atoms with Crippen molar-refractivity contribution in [3.05, 3.63) is 147 Å². The molecule has 1 aliphatic rings. The molecule has 0 heterocycles. The van der Waals surface area contributed by atoms with E-state index < -0.39 is 0 Å². The molecular formula is C42H45Cl3Zr-2. The SMILES string of the molecule is Cc1cc2[cH-]c3cc(C)c(C(C)(C)C)cc3c2cc1C(C)(C)C.Cc1ccc([C](=[Zr+2])c2ccc(Cl)cc2)cc1.[C-]1=CC=CC1.[Cl-].[Cl-]. The standard InChI is InChI=1S/C23H29.C14H11Cl.C5H5.2ClH.Zr/c1-14-9-16-11-17-10-15(2)21(23(6,7)8)13-19(17)18(16)12-20(14)22(3,4)5;1-11-2-4-12(5-3-11)10-13-6-8-14(15)9-7-13;1-2-4-5-3-1;;;/h9-13H,1-8H3;2-9H,1H3;1-3H,4H2;2*1H;/q-1;;-1;;;+2/p-2. The Bertz CT molecular complexity index is 1690. The molecule has 0 saturated carbocycles. The van der Waals surface area contributed by atoms with Gasteiger partial charge in [0.2, 0.25) is 0 Å². The molecule has 1 aliphatic carbocycles. The second-order valence-electron chi connectivity index (χ2n) is 13.9. The van der Waals surface area contributed by atoms with Crippen LogP contribution in [-0.4, -0.2) is 3.21 Å². The first-order valence-corrected chi connectivity index (χ1v) is 17.0. The molecule has 0 saturated heterocycles. The summed E-state index contributed by atoms with van der Waals surface area (Å²) in [7, 11) is 0.